The average Bonchev–Trinajstić information content (AvgIpc) is 2.18. The van der Waals surface area contributed by atoms with Crippen molar-refractivity contribution in [3.63, 3.8) is 0 Å². The molecule has 0 saturated carbocycles. The second-order valence-corrected chi connectivity index (χ2v) is 2.77. The first-order valence-electron chi connectivity index (χ1n) is 3.89. The summed E-state index contributed by atoms with van der Waals surface area (Å²) in [6.45, 7) is 3.02. The maximum atomic E-state index is 13.1. The first-order valence-corrected chi connectivity index (χ1v) is 3.89. The zero-order valence-electron chi connectivity index (χ0n) is 7.34. The van der Waals surface area contributed by atoms with Gasteiger partial charge in [-0.05, 0) is 18.2 Å². The molecule has 4 heteroatoms. The Labute approximate surface area is 80.0 Å². The van der Waals surface area contributed by atoms with E-state index >= 15 is 0 Å². The van der Waals surface area contributed by atoms with Gasteiger partial charge >= 0.3 is 0 Å². The number of hydrogen-bond donors (Lipinski definition) is 1. The van der Waals surface area contributed by atoms with Gasteiger partial charge in [0.25, 0.3) is 5.92 Å². The lowest BCUT2D eigenvalue weighted by molar-refractivity contribution is 0.0525. The van der Waals surface area contributed by atoms with Gasteiger partial charge in [0.1, 0.15) is 0 Å². The summed E-state index contributed by atoms with van der Waals surface area (Å²) in [5.74, 6) is -3.86. The minimum Gasteiger partial charge on any atom is -0.366 e. The number of benzene rings is 1. The number of rotatable bonds is 3. The molecule has 74 valence electrons. The van der Waals surface area contributed by atoms with E-state index in [-0.39, 0.29) is 11.1 Å². The smallest absolute Gasteiger partial charge is 0.291 e. The van der Waals surface area contributed by atoms with Crippen molar-refractivity contribution in [2.24, 2.45) is 5.73 Å². The highest BCUT2D eigenvalue weighted by molar-refractivity contribution is 5.92. The molecule has 2 nitrogen and oxygen atoms in total. The summed E-state index contributed by atoms with van der Waals surface area (Å²) < 4.78 is 26.1. The molecule has 0 aromatic heterocycles. The van der Waals surface area contributed by atoms with Crippen molar-refractivity contribution in [3.05, 3.63) is 48.0 Å². The van der Waals surface area contributed by atoms with Crippen LogP contribution in [-0.2, 0) is 5.92 Å². The molecule has 14 heavy (non-hydrogen) atoms. The fourth-order valence-corrected chi connectivity index (χ4v) is 0.998. The van der Waals surface area contributed by atoms with Crippen LogP contribution in [-0.4, -0.2) is 5.91 Å². The summed E-state index contributed by atoms with van der Waals surface area (Å²) in [5, 5.41) is 0. The zero-order valence-corrected chi connectivity index (χ0v) is 7.34. The molecule has 1 amide bonds. The molecule has 0 atom stereocenters. The van der Waals surface area contributed by atoms with Crippen molar-refractivity contribution >= 4 is 5.91 Å². The van der Waals surface area contributed by atoms with Crippen molar-refractivity contribution in [1.29, 1.82) is 0 Å². The standard InChI is InChI=1S/C10H9F2NO/c1-2-10(11,12)8-5-3-4-7(6-8)9(13)14/h2-6H,1H2,(H2,13,14). The number of allylic oxidation sites excluding steroid dienone is 1. The number of nitrogens with two attached hydrogens (primary N) is 1. The summed E-state index contributed by atoms with van der Waals surface area (Å²) in [4.78, 5) is 10.7. The van der Waals surface area contributed by atoms with E-state index in [2.05, 4.69) is 6.58 Å². The van der Waals surface area contributed by atoms with Gasteiger partial charge in [-0.1, -0.05) is 18.7 Å². The number of hydrogen-bond acceptors (Lipinski definition) is 1. The quantitative estimate of drug-likeness (QED) is 0.740. The molecule has 0 radical (unpaired) electrons. The predicted octanol–water partition coefficient (Wildman–Crippen LogP) is 2.06. The molecule has 0 spiro atoms. The van der Waals surface area contributed by atoms with E-state index < -0.39 is 11.8 Å². The van der Waals surface area contributed by atoms with Crippen LogP contribution in [0.5, 0.6) is 0 Å². The van der Waals surface area contributed by atoms with Gasteiger partial charge in [-0.25, -0.2) is 0 Å². The summed E-state index contributed by atoms with van der Waals surface area (Å²) in [5.41, 5.74) is 4.73. The monoisotopic (exact) mass is 197 g/mol. The maximum Gasteiger partial charge on any atom is 0.291 e. The first kappa shape index (κ1) is 10.4. The van der Waals surface area contributed by atoms with Crippen molar-refractivity contribution < 1.29 is 13.6 Å². The van der Waals surface area contributed by atoms with Gasteiger partial charge in [-0.15, -0.1) is 0 Å². The molecule has 0 unspecified atom stereocenters. The Morgan fingerprint density at radius 1 is 1.50 bits per heavy atom. The van der Waals surface area contributed by atoms with E-state index in [1.54, 1.807) is 0 Å². The predicted molar refractivity (Wildman–Crippen MR) is 49.1 cm³/mol. The van der Waals surface area contributed by atoms with E-state index in [9.17, 15) is 13.6 Å². The Balaban J connectivity index is 3.18. The van der Waals surface area contributed by atoms with Gasteiger partial charge in [0, 0.05) is 11.1 Å². The van der Waals surface area contributed by atoms with Crippen LogP contribution in [0.4, 0.5) is 8.78 Å². The minimum absolute atomic E-state index is 0.0593. The van der Waals surface area contributed by atoms with Gasteiger partial charge < -0.3 is 5.73 Å². The van der Waals surface area contributed by atoms with Crippen molar-refractivity contribution in [3.8, 4) is 0 Å². The van der Waals surface area contributed by atoms with Crippen molar-refractivity contribution in [2.45, 2.75) is 5.92 Å². The lowest BCUT2D eigenvalue weighted by Gasteiger charge is -2.11. The molecule has 2 N–H and O–H groups in total. The second-order valence-electron chi connectivity index (χ2n) is 2.77. The third-order valence-corrected chi connectivity index (χ3v) is 1.79. The molecule has 0 bridgehead atoms. The summed E-state index contributed by atoms with van der Waals surface area (Å²) >= 11 is 0. The highest BCUT2D eigenvalue weighted by Gasteiger charge is 2.27. The molecule has 0 heterocycles. The molecule has 0 fully saturated rings. The Morgan fingerprint density at radius 2 is 2.14 bits per heavy atom. The van der Waals surface area contributed by atoms with Crippen molar-refractivity contribution in [2.75, 3.05) is 0 Å². The molecule has 0 aliphatic carbocycles. The van der Waals surface area contributed by atoms with Crippen LogP contribution >= 0.6 is 0 Å². The van der Waals surface area contributed by atoms with Crippen LogP contribution in [0.25, 0.3) is 0 Å². The number of carbonyl (C=O) groups is 1. The number of halogens is 2. The van der Waals surface area contributed by atoms with E-state index in [4.69, 9.17) is 5.73 Å². The first-order chi connectivity index (χ1) is 6.47. The molecule has 1 aromatic rings. The zero-order chi connectivity index (χ0) is 10.8. The van der Waals surface area contributed by atoms with E-state index in [0.717, 1.165) is 6.07 Å². The fourth-order valence-electron chi connectivity index (χ4n) is 0.998. The minimum atomic E-state index is -3.13. The Hall–Kier alpha value is -1.71. The molecule has 0 aliphatic heterocycles. The van der Waals surface area contributed by atoms with Gasteiger partial charge in [-0.3, -0.25) is 4.79 Å². The average molecular weight is 197 g/mol. The summed E-state index contributed by atoms with van der Waals surface area (Å²) in [6, 6.07) is 5.01. The van der Waals surface area contributed by atoms with Gasteiger partial charge in [-0.2, -0.15) is 8.78 Å². The molecule has 0 aliphatic rings. The topological polar surface area (TPSA) is 43.1 Å². The lowest BCUT2D eigenvalue weighted by Crippen LogP contribution is -2.14. The number of amides is 1. The number of primary amides is 1. The SMILES string of the molecule is C=CC(F)(F)c1cccc(C(N)=O)c1. The van der Waals surface area contributed by atoms with Gasteiger partial charge in [0.15, 0.2) is 0 Å². The molecule has 1 aromatic carbocycles. The van der Waals surface area contributed by atoms with E-state index in [1.807, 2.05) is 0 Å². The second kappa shape index (κ2) is 3.57. The summed E-state index contributed by atoms with van der Waals surface area (Å²) in [7, 11) is 0. The molecule has 0 saturated heterocycles. The number of carbonyl (C=O) groups excluding carboxylic acids is 1. The Morgan fingerprint density at radius 3 is 2.64 bits per heavy atom. The third kappa shape index (κ3) is 1.96. The molecule has 1 rings (SSSR count). The van der Waals surface area contributed by atoms with E-state index in [0.29, 0.717) is 6.08 Å². The maximum absolute atomic E-state index is 13.1. The van der Waals surface area contributed by atoms with Gasteiger partial charge in [0.05, 0.1) is 0 Å². The normalized spacial score (nSPS) is 11.0. The van der Waals surface area contributed by atoms with Crippen LogP contribution in [0.3, 0.4) is 0 Å². The summed E-state index contributed by atoms with van der Waals surface area (Å²) in [6.07, 6.45) is 0.521. The van der Waals surface area contributed by atoms with Gasteiger partial charge in [0.2, 0.25) is 5.91 Å². The Kier molecular flexibility index (Phi) is 2.65. The largest absolute Gasteiger partial charge is 0.366 e. The van der Waals surface area contributed by atoms with Crippen molar-refractivity contribution in [1.82, 2.24) is 0 Å². The van der Waals surface area contributed by atoms with Crippen LogP contribution in [0, 0.1) is 0 Å². The van der Waals surface area contributed by atoms with Crippen LogP contribution in [0.2, 0.25) is 0 Å². The van der Waals surface area contributed by atoms with E-state index in [1.165, 1.54) is 18.2 Å². The van der Waals surface area contributed by atoms with Crippen LogP contribution < -0.4 is 5.73 Å². The number of alkyl halides is 2. The fraction of sp³-hybridized carbons (Fsp3) is 0.100. The Bertz CT molecular complexity index is 374. The molecular formula is C10H9F2NO. The highest BCUT2D eigenvalue weighted by Crippen LogP contribution is 2.29. The molecular weight excluding hydrogens is 188 g/mol. The van der Waals surface area contributed by atoms with Crippen LogP contribution in [0.15, 0.2) is 36.9 Å². The third-order valence-electron chi connectivity index (χ3n) is 1.79. The lowest BCUT2D eigenvalue weighted by atomic mass is 10.1. The highest BCUT2D eigenvalue weighted by atomic mass is 19.3. The van der Waals surface area contributed by atoms with Crippen LogP contribution in [0.1, 0.15) is 15.9 Å².